The maximum atomic E-state index is 13.1. The van der Waals surface area contributed by atoms with Crippen LogP contribution in [0.5, 0.6) is 0 Å². The molecule has 0 aliphatic heterocycles. The fourth-order valence-electron chi connectivity index (χ4n) is 6.15. The molecule has 0 saturated carbocycles. The van der Waals surface area contributed by atoms with E-state index >= 15 is 0 Å². The van der Waals surface area contributed by atoms with Crippen molar-refractivity contribution in [2.75, 3.05) is 6.61 Å². The largest absolute Gasteiger partial charge is 0.462 e. The van der Waals surface area contributed by atoms with Gasteiger partial charge >= 0.3 is 5.97 Å². The summed E-state index contributed by atoms with van der Waals surface area (Å²) in [7, 11) is 0. The Hall–Kier alpha value is -2.44. The zero-order valence-corrected chi connectivity index (χ0v) is 33.9. The lowest BCUT2D eigenvalue weighted by Gasteiger charge is -2.24. The second-order valence-corrected chi connectivity index (χ2v) is 14.4. The van der Waals surface area contributed by atoms with Gasteiger partial charge in [-0.1, -0.05) is 178 Å². The molecule has 52 heavy (non-hydrogen) atoms. The monoisotopic (exact) mass is 728 g/mol. The van der Waals surface area contributed by atoms with Gasteiger partial charge in [-0.25, -0.2) is 0 Å². The third-order valence-electron chi connectivity index (χ3n) is 9.41. The van der Waals surface area contributed by atoms with Crippen molar-refractivity contribution in [3.63, 3.8) is 0 Å². The number of carbonyl (C=O) groups is 2. The van der Waals surface area contributed by atoms with Crippen LogP contribution >= 0.6 is 0 Å². The fraction of sp³-hybridized carbons (Fsp3) is 0.739. The Kier molecular flexibility index (Phi) is 37.9. The molecule has 0 aromatic heterocycles. The number of carbonyl (C=O) groups excluding carboxylic acids is 2. The average Bonchev–Trinajstić information content (AvgIpc) is 3.13. The van der Waals surface area contributed by atoms with Gasteiger partial charge in [0.15, 0.2) is 0 Å². The van der Waals surface area contributed by atoms with Crippen LogP contribution in [0.25, 0.3) is 0 Å². The number of allylic oxidation sites excluding steroid dienone is 10. The number of aliphatic hydroxyl groups is 2. The fourth-order valence-corrected chi connectivity index (χ4v) is 6.15. The highest BCUT2D eigenvalue weighted by molar-refractivity contribution is 5.77. The number of hydrogen-bond donors (Lipinski definition) is 3. The van der Waals surface area contributed by atoms with Gasteiger partial charge in [0.1, 0.15) is 6.10 Å². The molecule has 0 spiro atoms. The van der Waals surface area contributed by atoms with Gasteiger partial charge in [0, 0.05) is 6.42 Å². The minimum Gasteiger partial charge on any atom is -0.462 e. The quantitative estimate of drug-likeness (QED) is 0.0256. The van der Waals surface area contributed by atoms with E-state index in [0.29, 0.717) is 19.3 Å². The zero-order valence-electron chi connectivity index (χ0n) is 33.9. The van der Waals surface area contributed by atoms with Crippen molar-refractivity contribution in [1.29, 1.82) is 0 Å². The smallest absolute Gasteiger partial charge is 0.306 e. The molecule has 0 radical (unpaired) electrons. The first kappa shape index (κ1) is 49.6. The van der Waals surface area contributed by atoms with Crippen LogP contribution in [0.3, 0.4) is 0 Å². The van der Waals surface area contributed by atoms with Crippen molar-refractivity contribution in [3.05, 3.63) is 60.8 Å². The van der Waals surface area contributed by atoms with E-state index in [0.717, 1.165) is 89.9 Å². The zero-order chi connectivity index (χ0) is 38.2. The summed E-state index contributed by atoms with van der Waals surface area (Å²) in [6.07, 6.45) is 47.2. The Morgan fingerprint density at radius 3 is 1.71 bits per heavy atom. The third kappa shape index (κ3) is 34.6. The summed E-state index contributed by atoms with van der Waals surface area (Å²) in [5.41, 5.74) is 0. The molecular weight excluding hydrogens is 647 g/mol. The molecule has 1 amide bonds. The maximum absolute atomic E-state index is 13.1. The Bertz CT molecular complexity index is 952. The lowest BCUT2D eigenvalue weighted by atomic mass is 10.0. The lowest BCUT2D eigenvalue weighted by Crippen LogP contribution is -2.46. The predicted molar refractivity (Wildman–Crippen MR) is 222 cm³/mol. The van der Waals surface area contributed by atoms with E-state index in [9.17, 15) is 19.8 Å². The first-order chi connectivity index (χ1) is 25.5. The Morgan fingerprint density at radius 2 is 1.10 bits per heavy atom. The van der Waals surface area contributed by atoms with Crippen molar-refractivity contribution >= 4 is 11.9 Å². The highest BCUT2D eigenvalue weighted by Crippen LogP contribution is 2.17. The summed E-state index contributed by atoms with van der Waals surface area (Å²) in [4.78, 5) is 25.8. The SMILES string of the molecule is CC/C=C/C=C/C=C\C=C/CCCCCC(=O)OC(CCCCC/C=C\CCC)CC(=O)NC(CO)C(O)CCCCCCCCCCCCCC. The van der Waals surface area contributed by atoms with Crippen LogP contribution in [0.2, 0.25) is 0 Å². The Morgan fingerprint density at radius 1 is 0.577 bits per heavy atom. The minimum absolute atomic E-state index is 0.0480. The second kappa shape index (κ2) is 39.8. The van der Waals surface area contributed by atoms with Crippen molar-refractivity contribution in [3.8, 4) is 0 Å². The van der Waals surface area contributed by atoms with Gasteiger partial charge in [0.2, 0.25) is 5.91 Å². The molecule has 0 aromatic carbocycles. The van der Waals surface area contributed by atoms with Crippen LogP contribution < -0.4 is 5.32 Å². The van der Waals surface area contributed by atoms with Gasteiger partial charge in [-0.15, -0.1) is 0 Å². The number of ether oxygens (including phenoxy) is 1. The number of amides is 1. The number of rotatable bonds is 37. The topological polar surface area (TPSA) is 95.9 Å². The summed E-state index contributed by atoms with van der Waals surface area (Å²) in [5, 5.41) is 23.5. The van der Waals surface area contributed by atoms with Gasteiger partial charge in [-0.2, -0.15) is 0 Å². The molecule has 0 heterocycles. The van der Waals surface area contributed by atoms with Crippen molar-refractivity contribution in [2.45, 2.75) is 212 Å². The molecule has 3 unspecified atom stereocenters. The number of hydrogen-bond acceptors (Lipinski definition) is 5. The molecule has 3 N–H and O–H groups in total. The molecule has 300 valence electrons. The molecule has 0 aromatic rings. The number of nitrogens with one attached hydrogen (secondary N) is 1. The van der Waals surface area contributed by atoms with Gasteiger partial charge in [-0.3, -0.25) is 9.59 Å². The van der Waals surface area contributed by atoms with Crippen LogP contribution in [-0.2, 0) is 14.3 Å². The molecule has 3 atom stereocenters. The number of aliphatic hydroxyl groups excluding tert-OH is 2. The van der Waals surface area contributed by atoms with Crippen molar-refractivity contribution in [1.82, 2.24) is 5.32 Å². The second-order valence-electron chi connectivity index (χ2n) is 14.4. The van der Waals surface area contributed by atoms with Crippen LogP contribution in [0, 0.1) is 0 Å². The van der Waals surface area contributed by atoms with Crippen LogP contribution in [0.4, 0.5) is 0 Å². The summed E-state index contributed by atoms with van der Waals surface area (Å²) in [6, 6.07) is -0.713. The highest BCUT2D eigenvalue weighted by atomic mass is 16.5. The standard InChI is InChI=1S/C46H81NO5/c1-4-7-10-13-16-19-21-23-25-27-30-33-36-39-46(51)52-42(37-34-31-28-18-15-12-9-6-3)40-45(50)47-43(41-48)44(49)38-35-32-29-26-24-22-20-17-14-11-8-5-2/h7,10,12-13,15-16,19,21,23,25,42-44,48-49H,4-6,8-9,11,14,17-18,20,22,24,26-41H2,1-3H3,(H,47,50)/b10-7+,15-12-,16-13+,21-19-,25-23-. The summed E-state index contributed by atoms with van der Waals surface area (Å²) in [6.45, 7) is 6.23. The van der Waals surface area contributed by atoms with E-state index in [-0.39, 0.29) is 24.9 Å². The van der Waals surface area contributed by atoms with Gasteiger partial charge in [-0.05, 0) is 64.2 Å². The van der Waals surface area contributed by atoms with E-state index < -0.39 is 18.2 Å². The first-order valence-electron chi connectivity index (χ1n) is 21.6. The average molecular weight is 728 g/mol. The van der Waals surface area contributed by atoms with E-state index in [1.807, 2.05) is 30.4 Å². The van der Waals surface area contributed by atoms with E-state index in [2.05, 4.69) is 56.5 Å². The van der Waals surface area contributed by atoms with Crippen molar-refractivity contribution in [2.24, 2.45) is 0 Å². The molecule has 0 aliphatic carbocycles. The van der Waals surface area contributed by atoms with Gasteiger partial charge < -0.3 is 20.3 Å². The highest BCUT2D eigenvalue weighted by Gasteiger charge is 2.24. The summed E-state index contributed by atoms with van der Waals surface area (Å²) >= 11 is 0. The third-order valence-corrected chi connectivity index (χ3v) is 9.41. The molecule has 0 fully saturated rings. The normalized spacial score (nSPS) is 14.0. The minimum atomic E-state index is -0.797. The number of esters is 1. The lowest BCUT2D eigenvalue weighted by molar-refractivity contribution is -0.151. The Balaban J connectivity index is 4.60. The Labute approximate surface area is 320 Å². The van der Waals surface area contributed by atoms with Crippen LogP contribution in [-0.4, -0.2) is 46.9 Å². The molecule has 0 saturated heterocycles. The number of unbranched alkanes of at least 4 members (excludes halogenated alkanes) is 18. The van der Waals surface area contributed by atoms with E-state index in [1.165, 1.54) is 57.8 Å². The van der Waals surface area contributed by atoms with Crippen molar-refractivity contribution < 1.29 is 24.5 Å². The molecule has 6 heteroatoms. The maximum Gasteiger partial charge on any atom is 0.306 e. The van der Waals surface area contributed by atoms with Crippen LogP contribution in [0.1, 0.15) is 194 Å². The van der Waals surface area contributed by atoms with E-state index in [4.69, 9.17) is 4.74 Å². The molecule has 6 nitrogen and oxygen atoms in total. The summed E-state index contributed by atoms with van der Waals surface area (Å²) < 4.78 is 5.84. The molecule has 0 bridgehead atoms. The summed E-state index contributed by atoms with van der Waals surface area (Å²) in [5.74, 6) is -0.546. The molecular formula is C46H81NO5. The molecule has 0 aliphatic rings. The van der Waals surface area contributed by atoms with Gasteiger partial charge in [0.25, 0.3) is 0 Å². The van der Waals surface area contributed by atoms with Crippen LogP contribution in [0.15, 0.2) is 60.8 Å². The van der Waals surface area contributed by atoms with E-state index in [1.54, 1.807) is 0 Å². The molecule has 0 rings (SSSR count). The first-order valence-corrected chi connectivity index (χ1v) is 21.6. The van der Waals surface area contributed by atoms with Gasteiger partial charge in [0.05, 0.1) is 25.2 Å². The predicted octanol–water partition coefficient (Wildman–Crippen LogP) is 12.1.